The number of unbranched alkanes of at least 4 members (excludes halogenated alkanes) is 1. The summed E-state index contributed by atoms with van der Waals surface area (Å²) in [6, 6.07) is 21.5. The molecule has 0 amide bonds. The number of hydrogen-bond donors (Lipinski definition) is 1. The summed E-state index contributed by atoms with van der Waals surface area (Å²) in [7, 11) is -2.47. The van der Waals surface area contributed by atoms with Crippen molar-refractivity contribution in [1.29, 1.82) is 0 Å². The Labute approximate surface area is 182 Å². The molecule has 0 fully saturated rings. The average Bonchev–Trinajstić information content (AvgIpc) is 3.19. The highest BCUT2D eigenvalue weighted by Crippen LogP contribution is 2.37. The number of hydrogen-bond acceptors (Lipinski definition) is 3. The molecule has 1 aliphatic rings. The van der Waals surface area contributed by atoms with Crippen LogP contribution < -0.4 is 10.4 Å². The Kier molecular flexibility index (Phi) is 7.35. The summed E-state index contributed by atoms with van der Waals surface area (Å²) in [4.78, 5) is 0. The number of benzene rings is 2. The zero-order chi connectivity index (χ0) is 21.7. The molecule has 2 aromatic rings. The molecule has 2 atom stereocenters. The van der Waals surface area contributed by atoms with Gasteiger partial charge in [-0.15, -0.1) is 0 Å². The lowest BCUT2D eigenvalue weighted by Gasteiger charge is -2.43. The molecule has 1 aliphatic heterocycles. The maximum absolute atomic E-state index is 10.5. The van der Waals surface area contributed by atoms with Crippen molar-refractivity contribution in [2.24, 2.45) is 0 Å². The molecule has 0 aliphatic carbocycles. The molecule has 4 heteroatoms. The van der Waals surface area contributed by atoms with Crippen molar-refractivity contribution in [3.63, 3.8) is 0 Å². The molecule has 0 unspecified atom stereocenters. The highest BCUT2D eigenvalue weighted by Gasteiger charge is 2.49. The van der Waals surface area contributed by atoms with Crippen LogP contribution in [0.15, 0.2) is 72.8 Å². The minimum Gasteiger partial charge on any atom is -0.407 e. The topological polar surface area (TPSA) is 38.7 Å². The van der Waals surface area contributed by atoms with E-state index < -0.39 is 20.0 Å². The van der Waals surface area contributed by atoms with Gasteiger partial charge in [-0.25, -0.2) is 0 Å². The van der Waals surface area contributed by atoms with Crippen LogP contribution in [0.1, 0.15) is 47.0 Å². The molecule has 162 valence electrons. The smallest absolute Gasteiger partial charge is 0.261 e. The van der Waals surface area contributed by atoms with E-state index in [1.165, 1.54) is 10.4 Å². The van der Waals surface area contributed by atoms with Crippen LogP contribution >= 0.6 is 0 Å². The lowest BCUT2D eigenvalue weighted by Crippen LogP contribution is -2.66. The van der Waals surface area contributed by atoms with Gasteiger partial charge in [0, 0.05) is 6.61 Å². The molecule has 2 aromatic carbocycles. The fourth-order valence-electron chi connectivity index (χ4n) is 4.48. The minimum absolute atomic E-state index is 0.00875. The first-order chi connectivity index (χ1) is 14.3. The van der Waals surface area contributed by atoms with Gasteiger partial charge in [-0.1, -0.05) is 93.6 Å². The van der Waals surface area contributed by atoms with Crippen LogP contribution in [0.4, 0.5) is 0 Å². The summed E-state index contributed by atoms with van der Waals surface area (Å²) in [6.45, 7) is 10.1. The van der Waals surface area contributed by atoms with Gasteiger partial charge in [-0.3, -0.25) is 0 Å². The Balaban J connectivity index is 1.73. The molecule has 0 bridgehead atoms. The maximum Gasteiger partial charge on any atom is 0.261 e. The SMILES string of the molecule is CC(C)(C)[Si](OCCCC[C@@H](O)[C@@]1(C)C=CCO1)(c1ccccc1)c1ccccc1. The highest BCUT2D eigenvalue weighted by atomic mass is 28.4. The van der Waals surface area contributed by atoms with Gasteiger partial charge < -0.3 is 14.3 Å². The van der Waals surface area contributed by atoms with Crippen molar-refractivity contribution >= 4 is 18.7 Å². The minimum atomic E-state index is -2.47. The quantitative estimate of drug-likeness (QED) is 0.367. The molecule has 3 nitrogen and oxygen atoms in total. The summed E-state index contributed by atoms with van der Waals surface area (Å²) in [5.41, 5.74) is -0.543. The van der Waals surface area contributed by atoms with Crippen molar-refractivity contribution in [2.45, 2.75) is 63.7 Å². The fraction of sp³-hybridized carbons (Fsp3) is 0.462. The summed E-state index contributed by atoms with van der Waals surface area (Å²) in [6.07, 6.45) is 6.02. The first kappa shape index (κ1) is 23.0. The number of ether oxygens (including phenoxy) is 1. The highest BCUT2D eigenvalue weighted by molar-refractivity contribution is 6.99. The first-order valence-electron chi connectivity index (χ1n) is 11.0. The van der Waals surface area contributed by atoms with Gasteiger partial charge in [0.1, 0.15) is 5.60 Å². The van der Waals surface area contributed by atoms with E-state index in [2.05, 4.69) is 81.4 Å². The Hall–Kier alpha value is -1.72. The van der Waals surface area contributed by atoms with Crippen LogP contribution in [-0.4, -0.2) is 38.3 Å². The van der Waals surface area contributed by atoms with Crippen LogP contribution in [0.3, 0.4) is 0 Å². The fourth-order valence-corrected chi connectivity index (χ4v) is 9.08. The van der Waals surface area contributed by atoms with E-state index in [0.29, 0.717) is 19.6 Å². The predicted octanol–water partition coefficient (Wildman–Crippen LogP) is 4.44. The van der Waals surface area contributed by atoms with Crippen LogP contribution in [0.2, 0.25) is 5.04 Å². The van der Waals surface area contributed by atoms with E-state index in [-0.39, 0.29) is 5.04 Å². The first-order valence-corrected chi connectivity index (χ1v) is 13.0. The van der Waals surface area contributed by atoms with E-state index in [1.54, 1.807) is 0 Å². The summed E-state index contributed by atoms with van der Waals surface area (Å²) < 4.78 is 12.6. The lowest BCUT2D eigenvalue weighted by molar-refractivity contribution is -0.0624. The zero-order valence-electron chi connectivity index (χ0n) is 18.8. The third kappa shape index (κ3) is 4.78. The second-order valence-corrected chi connectivity index (χ2v) is 13.7. The number of aliphatic hydroxyl groups is 1. The van der Waals surface area contributed by atoms with Crippen molar-refractivity contribution in [3.05, 3.63) is 72.8 Å². The third-order valence-corrected chi connectivity index (χ3v) is 11.3. The van der Waals surface area contributed by atoms with Gasteiger partial charge in [0.25, 0.3) is 8.32 Å². The van der Waals surface area contributed by atoms with E-state index in [1.807, 2.05) is 19.1 Å². The van der Waals surface area contributed by atoms with Crippen LogP contribution in [0.25, 0.3) is 0 Å². The van der Waals surface area contributed by atoms with Gasteiger partial charge in [-0.2, -0.15) is 0 Å². The molecule has 0 spiro atoms. The van der Waals surface area contributed by atoms with Crippen molar-refractivity contribution in [3.8, 4) is 0 Å². The molecule has 0 saturated heterocycles. The van der Waals surface area contributed by atoms with E-state index in [0.717, 1.165) is 12.8 Å². The summed E-state index contributed by atoms with van der Waals surface area (Å²) in [5, 5.41) is 13.1. The normalized spacial score (nSPS) is 20.4. The van der Waals surface area contributed by atoms with Crippen molar-refractivity contribution < 1.29 is 14.3 Å². The Bertz CT molecular complexity index is 774. The Morgan fingerprint density at radius 3 is 2.03 bits per heavy atom. The molecular formula is C26H36O3Si. The maximum atomic E-state index is 10.5. The van der Waals surface area contributed by atoms with Crippen molar-refractivity contribution in [1.82, 2.24) is 0 Å². The van der Waals surface area contributed by atoms with Crippen molar-refractivity contribution in [2.75, 3.05) is 13.2 Å². The van der Waals surface area contributed by atoms with Gasteiger partial charge in [0.15, 0.2) is 0 Å². The number of rotatable bonds is 9. The number of aliphatic hydroxyl groups excluding tert-OH is 1. The molecular weight excluding hydrogens is 388 g/mol. The van der Waals surface area contributed by atoms with Gasteiger partial charge in [0.05, 0.1) is 12.7 Å². The molecule has 0 saturated carbocycles. The lowest BCUT2D eigenvalue weighted by atomic mass is 9.95. The Morgan fingerprint density at radius 2 is 1.57 bits per heavy atom. The average molecular weight is 425 g/mol. The molecule has 1 heterocycles. The van der Waals surface area contributed by atoms with Crippen LogP contribution in [0.5, 0.6) is 0 Å². The largest absolute Gasteiger partial charge is 0.407 e. The van der Waals surface area contributed by atoms with Gasteiger partial charge >= 0.3 is 0 Å². The molecule has 30 heavy (non-hydrogen) atoms. The van der Waals surface area contributed by atoms with E-state index >= 15 is 0 Å². The standard InChI is InChI=1S/C26H36O3Si/c1-25(2,3)30(22-14-7-5-8-15-22,23-16-9-6-10-17-23)29-21-12-11-18-24(27)26(4)19-13-20-28-26/h5-10,13-17,19,24,27H,11-12,18,20-21H2,1-4H3/t24-,26-/m1/s1. The van der Waals surface area contributed by atoms with Crippen LogP contribution in [0, 0.1) is 0 Å². The Morgan fingerprint density at radius 1 is 1.00 bits per heavy atom. The second-order valence-electron chi connectivity index (χ2n) is 9.42. The van der Waals surface area contributed by atoms with Gasteiger partial charge in [-0.05, 0) is 41.6 Å². The van der Waals surface area contributed by atoms with Gasteiger partial charge in [0.2, 0.25) is 0 Å². The van der Waals surface area contributed by atoms with E-state index in [9.17, 15) is 5.11 Å². The van der Waals surface area contributed by atoms with Crippen LogP contribution in [-0.2, 0) is 9.16 Å². The molecule has 3 rings (SSSR count). The summed E-state index contributed by atoms with van der Waals surface area (Å²) in [5.74, 6) is 0. The second kappa shape index (κ2) is 9.61. The third-order valence-electron chi connectivity index (χ3n) is 6.21. The van der Waals surface area contributed by atoms with E-state index in [4.69, 9.17) is 9.16 Å². The molecule has 1 N–H and O–H groups in total. The molecule has 0 aromatic heterocycles. The zero-order valence-corrected chi connectivity index (χ0v) is 19.8. The monoisotopic (exact) mass is 424 g/mol. The predicted molar refractivity (Wildman–Crippen MR) is 127 cm³/mol. The molecule has 0 radical (unpaired) electrons. The summed E-state index contributed by atoms with van der Waals surface area (Å²) >= 11 is 0.